The van der Waals surface area contributed by atoms with Crippen molar-refractivity contribution in [3.8, 4) is 16.9 Å². The molecule has 1 aromatic carbocycles. The Kier molecular flexibility index (Phi) is 7.05. The first-order valence-corrected chi connectivity index (χ1v) is 12.1. The Bertz CT molecular complexity index is 1270. The van der Waals surface area contributed by atoms with E-state index in [9.17, 15) is 9.59 Å². The highest BCUT2D eigenvalue weighted by Crippen LogP contribution is 2.36. The van der Waals surface area contributed by atoms with Crippen LogP contribution in [-0.2, 0) is 9.53 Å². The van der Waals surface area contributed by atoms with Crippen LogP contribution < -0.4 is 15.4 Å². The Labute approximate surface area is 211 Å². The first-order chi connectivity index (χ1) is 17.0. The van der Waals surface area contributed by atoms with Gasteiger partial charge in [-0.1, -0.05) is 0 Å². The maximum absolute atomic E-state index is 12.4. The highest BCUT2D eigenvalue weighted by Gasteiger charge is 2.28. The number of fused-ring (bicyclic) bond motifs is 1. The number of anilines is 2. The number of amides is 2. The van der Waals surface area contributed by atoms with E-state index in [1.54, 1.807) is 4.90 Å². The van der Waals surface area contributed by atoms with Crippen LogP contribution in [0.2, 0.25) is 0 Å². The van der Waals surface area contributed by atoms with Gasteiger partial charge in [0.2, 0.25) is 5.91 Å². The van der Waals surface area contributed by atoms with Crippen LogP contribution in [0.3, 0.4) is 0 Å². The Morgan fingerprint density at radius 3 is 2.47 bits per heavy atom. The second kappa shape index (κ2) is 10.0. The molecule has 10 heteroatoms. The summed E-state index contributed by atoms with van der Waals surface area (Å²) in [5, 5.41) is 14.5. The van der Waals surface area contributed by atoms with E-state index in [4.69, 9.17) is 9.47 Å². The van der Waals surface area contributed by atoms with E-state index in [1.165, 1.54) is 6.92 Å². The van der Waals surface area contributed by atoms with Gasteiger partial charge in [0.25, 0.3) is 0 Å². The number of likely N-dealkylation sites (tertiary alicyclic amines) is 1. The summed E-state index contributed by atoms with van der Waals surface area (Å²) in [5.41, 5.74) is 3.44. The van der Waals surface area contributed by atoms with Gasteiger partial charge < -0.3 is 25.0 Å². The minimum atomic E-state index is -0.522. The summed E-state index contributed by atoms with van der Waals surface area (Å²) in [5.74, 6) is 1.32. The van der Waals surface area contributed by atoms with Gasteiger partial charge in [-0.05, 0) is 52.0 Å². The lowest BCUT2D eigenvalue weighted by molar-refractivity contribution is -0.114. The average Bonchev–Trinajstić information content (AvgIpc) is 3.19. The van der Waals surface area contributed by atoms with E-state index >= 15 is 0 Å². The third-order valence-corrected chi connectivity index (χ3v) is 5.94. The first kappa shape index (κ1) is 25.3. The molecule has 3 aromatic rings. The fraction of sp³-hybridized carbons (Fsp3) is 0.462. The normalized spacial score (nSPS) is 14.6. The van der Waals surface area contributed by atoms with Crippen LogP contribution in [0.25, 0.3) is 16.8 Å². The summed E-state index contributed by atoms with van der Waals surface area (Å²) in [6, 6.07) is 7.61. The van der Waals surface area contributed by atoms with E-state index in [1.807, 2.05) is 69.6 Å². The first-order valence-electron chi connectivity index (χ1n) is 12.1. The average molecular weight is 495 g/mol. The summed E-state index contributed by atoms with van der Waals surface area (Å²) in [6.45, 7) is 10.1. The van der Waals surface area contributed by atoms with E-state index in [2.05, 4.69) is 20.8 Å². The summed E-state index contributed by atoms with van der Waals surface area (Å²) in [7, 11) is 1.84. The molecule has 4 rings (SSSR count). The number of aromatic nitrogens is 3. The van der Waals surface area contributed by atoms with Gasteiger partial charge in [0, 0.05) is 62.9 Å². The zero-order valence-corrected chi connectivity index (χ0v) is 21.7. The topological polar surface area (TPSA) is 110 Å². The third kappa shape index (κ3) is 5.69. The molecule has 0 aliphatic carbocycles. The van der Waals surface area contributed by atoms with E-state index in [0.717, 1.165) is 28.3 Å². The smallest absolute Gasteiger partial charge is 0.410 e. The molecule has 1 saturated heterocycles. The molecule has 0 radical (unpaired) electrons. The van der Waals surface area contributed by atoms with Gasteiger partial charge in [-0.2, -0.15) is 0 Å². The van der Waals surface area contributed by atoms with Crippen LogP contribution in [0.15, 0.2) is 30.5 Å². The van der Waals surface area contributed by atoms with Crippen molar-refractivity contribution >= 4 is 29.0 Å². The molecule has 0 unspecified atom stereocenters. The van der Waals surface area contributed by atoms with Gasteiger partial charge in [0.05, 0.1) is 5.69 Å². The molecule has 3 heterocycles. The monoisotopic (exact) mass is 494 g/mol. The van der Waals surface area contributed by atoms with Crippen molar-refractivity contribution in [2.24, 2.45) is 0 Å². The Morgan fingerprint density at radius 1 is 1.11 bits per heavy atom. The Balaban J connectivity index is 1.61. The largest absolute Gasteiger partial charge is 0.490 e. The number of hydrogen-bond acceptors (Lipinski definition) is 7. The zero-order valence-electron chi connectivity index (χ0n) is 21.7. The number of benzene rings is 1. The number of pyridine rings is 1. The van der Waals surface area contributed by atoms with Crippen molar-refractivity contribution in [1.29, 1.82) is 0 Å². The summed E-state index contributed by atoms with van der Waals surface area (Å²) in [6.07, 6.45) is 3.00. The number of nitrogens with zero attached hydrogens (tertiary/aromatic N) is 4. The molecule has 0 atom stereocenters. The maximum Gasteiger partial charge on any atom is 0.410 e. The van der Waals surface area contributed by atoms with Crippen LogP contribution in [0, 0.1) is 6.92 Å². The standard InChI is InChI=1S/C26H34N6O4/c1-16-29-30-24-22(27-6)13-18(15-32(16)24)21-14-19(28-17(2)33)7-8-23(21)35-20-9-11-31(12-10-20)25(34)36-26(3,4)5/h7-8,13-15,20,27H,9-12H2,1-6H3,(H,28,33). The number of carbonyl (C=O) groups excluding carboxylic acids is 2. The van der Waals surface area contributed by atoms with E-state index in [-0.39, 0.29) is 18.1 Å². The highest BCUT2D eigenvalue weighted by molar-refractivity contribution is 5.90. The predicted octanol–water partition coefficient (Wildman–Crippen LogP) is 4.48. The van der Waals surface area contributed by atoms with E-state index in [0.29, 0.717) is 37.4 Å². The molecule has 192 valence electrons. The van der Waals surface area contributed by atoms with Gasteiger partial charge in [-0.3, -0.25) is 9.20 Å². The van der Waals surface area contributed by atoms with Gasteiger partial charge in [0.1, 0.15) is 23.3 Å². The van der Waals surface area contributed by atoms with Crippen LogP contribution >= 0.6 is 0 Å². The van der Waals surface area contributed by atoms with Crippen LogP contribution in [0.1, 0.15) is 46.4 Å². The van der Waals surface area contributed by atoms with Gasteiger partial charge in [-0.25, -0.2) is 4.79 Å². The fourth-order valence-electron chi connectivity index (χ4n) is 4.24. The Hall–Kier alpha value is -3.82. The molecular formula is C26H34N6O4. The molecule has 1 fully saturated rings. The maximum atomic E-state index is 12.4. The summed E-state index contributed by atoms with van der Waals surface area (Å²) >= 11 is 0. The van der Waals surface area contributed by atoms with Gasteiger partial charge >= 0.3 is 6.09 Å². The number of hydrogen-bond donors (Lipinski definition) is 2. The number of rotatable bonds is 5. The molecule has 36 heavy (non-hydrogen) atoms. The van der Waals surface area contributed by atoms with Crippen molar-refractivity contribution in [1.82, 2.24) is 19.5 Å². The molecule has 2 aromatic heterocycles. The summed E-state index contributed by atoms with van der Waals surface area (Å²) < 4.78 is 13.9. The molecular weight excluding hydrogens is 460 g/mol. The Morgan fingerprint density at radius 2 is 1.83 bits per heavy atom. The van der Waals surface area contributed by atoms with Gasteiger partial charge in [0.15, 0.2) is 5.65 Å². The molecule has 2 N–H and O–H groups in total. The molecule has 0 bridgehead atoms. The lowest BCUT2D eigenvalue weighted by atomic mass is 10.0. The minimum absolute atomic E-state index is 0.0572. The molecule has 10 nitrogen and oxygen atoms in total. The van der Waals surface area contributed by atoms with Crippen molar-refractivity contribution in [3.05, 3.63) is 36.3 Å². The SMILES string of the molecule is CNc1cc(-c2cc(NC(C)=O)ccc2OC2CCN(C(=O)OC(C)(C)C)CC2)cn2c(C)nnc12. The highest BCUT2D eigenvalue weighted by atomic mass is 16.6. The number of carbonyl (C=O) groups is 2. The third-order valence-electron chi connectivity index (χ3n) is 5.94. The van der Waals surface area contributed by atoms with Gasteiger partial charge in [-0.15, -0.1) is 10.2 Å². The quantitative estimate of drug-likeness (QED) is 0.538. The molecule has 1 aliphatic rings. The lowest BCUT2D eigenvalue weighted by Gasteiger charge is -2.33. The minimum Gasteiger partial charge on any atom is -0.490 e. The van der Waals surface area contributed by atoms with Crippen molar-refractivity contribution in [3.63, 3.8) is 0 Å². The second-order valence-electron chi connectivity index (χ2n) is 10.0. The number of piperidine rings is 1. The second-order valence-corrected chi connectivity index (χ2v) is 10.0. The van der Waals surface area contributed by atoms with Crippen molar-refractivity contribution < 1.29 is 19.1 Å². The molecule has 0 saturated carbocycles. The van der Waals surface area contributed by atoms with Crippen LogP contribution in [-0.4, -0.2) is 63.3 Å². The summed E-state index contributed by atoms with van der Waals surface area (Å²) in [4.78, 5) is 25.9. The fourth-order valence-corrected chi connectivity index (χ4v) is 4.24. The lowest BCUT2D eigenvalue weighted by Crippen LogP contribution is -2.44. The van der Waals surface area contributed by atoms with E-state index < -0.39 is 5.60 Å². The molecule has 0 spiro atoms. The number of ether oxygens (including phenoxy) is 2. The molecule has 1 aliphatic heterocycles. The predicted molar refractivity (Wildman–Crippen MR) is 138 cm³/mol. The zero-order chi connectivity index (χ0) is 26.0. The van der Waals surface area contributed by atoms with Crippen LogP contribution in [0.4, 0.5) is 16.2 Å². The van der Waals surface area contributed by atoms with Crippen LogP contribution in [0.5, 0.6) is 5.75 Å². The van der Waals surface area contributed by atoms with Crippen molar-refractivity contribution in [2.75, 3.05) is 30.8 Å². The van der Waals surface area contributed by atoms with Crippen molar-refractivity contribution in [2.45, 2.75) is 59.2 Å². The number of aryl methyl sites for hydroxylation is 1. The number of nitrogens with one attached hydrogen (secondary N) is 2. The molecule has 2 amide bonds.